The Balaban J connectivity index is 1.55. The Bertz CT molecular complexity index is 732. The summed E-state index contributed by atoms with van der Waals surface area (Å²) in [6, 6.07) is 8.35. The molecule has 2 fully saturated rings. The van der Waals surface area contributed by atoms with Crippen molar-refractivity contribution in [3.05, 3.63) is 46.4 Å². The number of nitrogens with zero attached hydrogens (tertiary/aromatic N) is 3. The molecule has 3 heterocycles. The summed E-state index contributed by atoms with van der Waals surface area (Å²) in [4.78, 5) is 21.2. The lowest BCUT2D eigenvalue weighted by Gasteiger charge is -2.29. The zero-order valence-electron chi connectivity index (χ0n) is 14.6. The lowest BCUT2D eigenvalue weighted by Crippen LogP contribution is -2.34. The number of hydrogen-bond donors (Lipinski definition) is 0. The highest BCUT2D eigenvalue weighted by atomic mass is 32.1. The lowest BCUT2D eigenvalue weighted by atomic mass is 9.89. The van der Waals surface area contributed by atoms with Crippen molar-refractivity contribution in [2.75, 3.05) is 26.7 Å². The topological polar surface area (TPSA) is 45.7 Å². The molecule has 0 radical (unpaired) electrons. The normalized spacial score (nSPS) is 26.0. The van der Waals surface area contributed by atoms with E-state index in [1.165, 1.54) is 10.6 Å². The average Bonchev–Trinajstić information content (AvgIpc) is 3.31. The second-order valence-electron chi connectivity index (χ2n) is 6.93. The van der Waals surface area contributed by atoms with Crippen molar-refractivity contribution in [3.63, 3.8) is 0 Å². The number of fused-ring (bicyclic) bond motifs is 1. The van der Waals surface area contributed by atoms with Gasteiger partial charge < -0.3 is 9.64 Å². The van der Waals surface area contributed by atoms with Crippen LogP contribution >= 0.6 is 11.3 Å². The fourth-order valence-electron chi connectivity index (χ4n) is 4.34. The number of hydrogen-bond acceptors (Lipinski definition) is 5. The summed E-state index contributed by atoms with van der Waals surface area (Å²) in [6.45, 7) is 5.52. The highest BCUT2D eigenvalue weighted by Gasteiger charge is 2.48. The summed E-state index contributed by atoms with van der Waals surface area (Å²) in [5.41, 5.74) is 1.21. The van der Waals surface area contributed by atoms with E-state index in [-0.39, 0.29) is 11.9 Å². The van der Waals surface area contributed by atoms with Crippen LogP contribution in [0.1, 0.15) is 23.5 Å². The zero-order chi connectivity index (χ0) is 17.4. The molecule has 0 aliphatic carbocycles. The molecule has 2 aromatic rings. The molecule has 3 atom stereocenters. The number of thiazole rings is 1. The number of rotatable bonds is 4. The minimum Gasteiger partial charge on any atom is -0.497 e. The van der Waals surface area contributed by atoms with Crippen molar-refractivity contribution in [1.82, 2.24) is 14.8 Å². The van der Waals surface area contributed by atoms with Gasteiger partial charge in [-0.05, 0) is 23.6 Å². The van der Waals surface area contributed by atoms with Crippen LogP contribution in [0.4, 0.5) is 0 Å². The van der Waals surface area contributed by atoms with E-state index in [9.17, 15) is 4.79 Å². The van der Waals surface area contributed by atoms with Gasteiger partial charge in [0.25, 0.3) is 0 Å². The van der Waals surface area contributed by atoms with Gasteiger partial charge in [-0.1, -0.05) is 12.1 Å². The summed E-state index contributed by atoms with van der Waals surface area (Å²) in [6.07, 6.45) is 1.87. The summed E-state index contributed by atoms with van der Waals surface area (Å²) in [5.74, 6) is 2.04. The number of methoxy groups -OCH3 is 1. The first kappa shape index (κ1) is 16.5. The van der Waals surface area contributed by atoms with Crippen LogP contribution in [0, 0.1) is 11.8 Å². The van der Waals surface area contributed by atoms with Gasteiger partial charge in [0.1, 0.15) is 10.8 Å². The van der Waals surface area contributed by atoms with Gasteiger partial charge >= 0.3 is 0 Å². The predicted octanol–water partition coefficient (Wildman–Crippen LogP) is 2.80. The molecule has 1 amide bonds. The van der Waals surface area contributed by atoms with Crippen molar-refractivity contribution in [3.8, 4) is 5.75 Å². The molecule has 2 saturated heterocycles. The molecule has 4 rings (SSSR count). The number of carbonyl (C=O) groups excluding carboxylic acids is 1. The first-order chi connectivity index (χ1) is 12.2. The van der Waals surface area contributed by atoms with E-state index >= 15 is 0 Å². The summed E-state index contributed by atoms with van der Waals surface area (Å²) >= 11 is 1.71. The molecule has 0 unspecified atom stereocenters. The minimum atomic E-state index is 0.162. The Hall–Kier alpha value is -1.92. The van der Waals surface area contributed by atoms with E-state index in [1.54, 1.807) is 25.4 Å². The van der Waals surface area contributed by atoms with Gasteiger partial charge in [0, 0.05) is 44.1 Å². The Morgan fingerprint density at radius 3 is 2.72 bits per heavy atom. The van der Waals surface area contributed by atoms with Gasteiger partial charge in [0.05, 0.1) is 19.7 Å². The summed E-state index contributed by atoms with van der Waals surface area (Å²) < 4.78 is 5.27. The number of aromatic nitrogens is 1. The third-order valence-corrected chi connectivity index (χ3v) is 6.21. The molecular formula is C19H23N3O2S. The first-order valence-electron chi connectivity index (χ1n) is 8.67. The van der Waals surface area contributed by atoms with Gasteiger partial charge in [-0.2, -0.15) is 0 Å². The van der Waals surface area contributed by atoms with Gasteiger partial charge in [-0.25, -0.2) is 4.98 Å². The van der Waals surface area contributed by atoms with Crippen LogP contribution < -0.4 is 4.74 Å². The average molecular weight is 357 g/mol. The van der Waals surface area contributed by atoms with Crippen molar-refractivity contribution in [2.24, 2.45) is 11.8 Å². The second-order valence-corrected chi connectivity index (χ2v) is 7.91. The van der Waals surface area contributed by atoms with E-state index in [4.69, 9.17) is 4.74 Å². The van der Waals surface area contributed by atoms with Crippen molar-refractivity contribution in [2.45, 2.75) is 19.5 Å². The molecule has 2 aliphatic heterocycles. The molecule has 1 aromatic heterocycles. The maximum Gasteiger partial charge on any atom is 0.219 e. The number of likely N-dealkylation sites (tertiary alicyclic amines) is 2. The first-order valence-corrected chi connectivity index (χ1v) is 9.55. The highest BCUT2D eigenvalue weighted by Crippen LogP contribution is 2.45. The number of amides is 1. The van der Waals surface area contributed by atoms with Crippen molar-refractivity contribution >= 4 is 17.2 Å². The van der Waals surface area contributed by atoms with Gasteiger partial charge in [0.2, 0.25) is 5.91 Å². The van der Waals surface area contributed by atoms with Crippen LogP contribution in [0.15, 0.2) is 35.8 Å². The molecule has 0 spiro atoms. The molecule has 1 aromatic carbocycles. The molecule has 25 heavy (non-hydrogen) atoms. The molecular weight excluding hydrogens is 334 g/mol. The Morgan fingerprint density at radius 1 is 1.28 bits per heavy atom. The van der Waals surface area contributed by atoms with Crippen LogP contribution in [0.25, 0.3) is 0 Å². The zero-order valence-corrected chi connectivity index (χ0v) is 15.4. The minimum absolute atomic E-state index is 0.162. The molecule has 0 bridgehead atoms. The molecule has 132 valence electrons. The maximum atomic E-state index is 12.2. The van der Waals surface area contributed by atoms with E-state index < -0.39 is 0 Å². The van der Waals surface area contributed by atoms with Crippen LogP contribution in [-0.4, -0.2) is 47.4 Å². The fourth-order valence-corrected chi connectivity index (χ4v) is 5.00. The summed E-state index contributed by atoms with van der Waals surface area (Å²) in [5, 5.41) is 3.20. The third-order valence-electron chi connectivity index (χ3n) is 5.44. The van der Waals surface area contributed by atoms with Gasteiger partial charge in [-0.3, -0.25) is 9.69 Å². The van der Waals surface area contributed by atoms with E-state index in [0.717, 1.165) is 31.9 Å². The monoisotopic (exact) mass is 357 g/mol. The van der Waals surface area contributed by atoms with E-state index in [1.807, 2.05) is 23.7 Å². The van der Waals surface area contributed by atoms with Crippen LogP contribution in [-0.2, 0) is 11.3 Å². The number of ether oxygens (including phenoxy) is 1. The maximum absolute atomic E-state index is 12.2. The Labute approximate surface area is 152 Å². The van der Waals surface area contributed by atoms with Crippen LogP contribution in [0.3, 0.4) is 0 Å². The van der Waals surface area contributed by atoms with E-state index in [0.29, 0.717) is 11.8 Å². The molecule has 6 heteroatoms. The highest BCUT2D eigenvalue weighted by molar-refractivity contribution is 7.09. The molecule has 2 aliphatic rings. The largest absolute Gasteiger partial charge is 0.497 e. The second kappa shape index (κ2) is 6.77. The number of carbonyl (C=O) groups is 1. The SMILES string of the molecule is COc1ccc([C@H]2[C@@H]3CN(Cc4nccs4)C[C@@H]3CN2C(C)=O)cc1. The Kier molecular flexibility index (Phi) is 4.48. The van der Waals surface area contributed by atoms with Gasteiger partial charge in [-0.15, -0.1) is 11.3 Å². The smallest absolute Gasteiger partial charge is 0.219 e. The third kappa shape index (κ3) is 3.16. The lowest BCUT2D eigenvalue weighted by molar-refractivity contribution is -0.130. The quantitative estimate of drug-likeness (QED) is 0.844. The predicted molar refractivity (Wildman–Crippen MR) is 97.5 cm³/mol. The Morgan fingerprint density at radius 2 is 2.08 bits per heavy atom. The fraction of sp³-hybridized carbons (Fsp3) is 0.474. The van der Waals surface area contributed by atoms with Crippen molar-refractivity contribution < 1.29 is 9.53 Å². The van der Waals surface area contributed by atoms with Gasteiger partial charge in [0.15, 0.2) is 0 Å². The molecule has 0 N–H and O–H groups in total. The molecule has 5 nitrogen and oxygen atoms in total. The standard InChI is InChI=1S/C19H23N3O2S/c1-13(23)22-10-15-9-21(12-18-20-7-8-25-18)11-17(15)19(22)14-3-5-16(24-2)6-4-14/h3-8,15,17,19H,9-12H2,1-2H3/t15-,17-,19+/m1/s1. The van der Waals surface area contributed by atoms with Crippen LogP contribution in [0.5, 0.6) is 5.75 Å². The summed E-state index contributed by atoms with van der Waals surface area (Å²) in [7, 11) is 1.68. The van der Waals surface area contributed by atoms with E-state index in [2.05, 4.69) is 26.9 Å². The molecule has 0 saturated carbocycles. The van der Waals surface area contributed by atoms with Crippen molar-refractivity contribution in [1.29, 1.82) is 0 Å². The number of benzene rings is 1. The van der Waals surface area contributed by atoms with Crippen LogP contribution in [0.2, 0.25) is 0 Å².